The van der Waals surface area contributed by atoms with Gasteiger partial charge in [0.15, 0.2) is 0 Å². The first-order valence-electron chi connectivity index (χ1n) is 8.81. The average molecular weight is 365 g/mol. The van der Waals surface area contributed by atoms with E-state index in [1.54, 1.807) is 0 Å². The molecule has 1 unspecified atom stereocenters. The average Bonchev–Trinajstić information content (AvgIpc) is 2.76. The van der Waals surface area contributed by atoms with E-state index < -0.39 is 18.3 Å². The summed E-state index contributed by atoms with van der Waals surface area (Å²) in [7, 11) is -0.562. The Kier molecular flexibility index (Phi) is 5.17. The number of nitrogens with one attached hydrogen (secondary N) is 2. The van der Waals surface area contributed by atoms with Crippen LogP contribution in [0.25, 0.3) is 0 Å². The monoisotopic (exact) mass is 364 g/mol. The summed E-state index contributed by atoms with van der Waals surface area (Å²) >= 11 is 6.35. The molecule has 0 saturated carbocycles. The normalized spacial score (nSPS) is 25.0. The van der Waals surface area contributed by atoms with E-state index in [0.717, 1.165) is 42.6 Å². The molecule has 2 N–H and O–H groups in total. The Morgan fingerprint density at radius 3 is 2.44 bits per heavy atom. The van der Waals surface area contributed by atoms with Gasteiger partial charge in [-0.15, -0.1) is 0 Å². The molecule has 0 bridgehead atoms. The van der Waals surface area contributed by atoms with Crippen LogP contribution in [0.3, 0.4) is 0 Å². The summed E-state index contributed by atoms with van der Waals surface area (Å²) in [6.45, 7) is 8.79. The van der Waals surface area contributed by atoms with Gasteiger partial charge in [-0.2, -0.15) is 0 Å². The van der Waals surface area contributed by atoms with Crippen LogP contribution in [0, 0.1) is 5.41 Å². The molecule has 1 aromatic rings. The van der Waals surface area contributed by atoms with Crippen molar-refractivity contribution in [3.8, 4) is 0 Å². The van der Waals surface area contributed by atoms with Crippen molar-refractivity contribution in [2.75, 3.05) is 11.9 Å². The number of benzene rings is 1. The molecule has 2 aliphatic heterocycles. The molecule has 0 radical (unpaired) electrons. The highest BCUT2D eigenvalue weighted by Crippen LogP contribution is 2.37. The summed E-state index contributed by atoms with van der Waals surface area (Å²) in [5.41, 5.74) is 1.37. The number of ether oxygens (including phenoxy) is 1. The Bertz CT molecular complexity index is 644. The van der Waals surface area contributed by atoms with Crippen molar-refractivity contribution >= 4 is 36.1 Å². The molecular weight excluding hydrogens is 338 g/mol. The van der Waals surface area contributed by atoms with Crippen LogP contribution in [0.15, 0.2) is 12.1 Å². The Hall–Kier alpha value is -1.08. The van der Waals surface area contributed by atoms with E-state index >= 15 is 0 Å². The Labute approximate surface area is 155 Å². The van der Waals surface area contributed by atoms with Gasteiger partial charge in [-0.3, -0.25) is 0 Å². The first-order valence-corrected chi connectivity index (χ1v) is 9.19. The highest BCUT2D eigenvalue weighted by Gasteiger charge is 2.52. The first-order chi connectivity index (χ1) is 11.7. The van der Waals surface area contributed by atoms with Gasteiger partial charge in [-0.05, 0) is 64.6 Å². The number of halogens is 1. The minimum atomic E-state index is -0.562. The third-order valence-electron chi connectivity index (χ3n) is 5.32. The molecule has 5 nitrogen and oxygen atoms in total. The zero-order valence-corrected chi connectivity index (χ0v) is 16.1. The molecule has 0 aliphatic carbocycles. The second kappa shape index (κ2) is 6.91. The Balaban J connectivity index is 1.93. The summed E-state index contributed by atoms with van der Waals surface area (Å²) in [5, 5.41) is 11.9. The molecule has 3 rings (SSSR count). The van der Waals surface area contributed by atoms with E-state index in [-0.39, 0.29) is 6.23 Å². The highest BCUT2D eigenvalue weighted by atomic mass is 35.5. The maximum Gasteiger partial charge on any atom is 0.495 e. The van der Waals surface area contributed by atoms with Crippen LogP contribution in [0.1, 0.15) is 52.5 Å². The fourth-order valence-electron chi connectivity index (χ4n) is 3.11. The van der Waals surface area contributed by atoms with Gasteiger partial charge >= 0.3 is 7.12 Å². The number of rotatable bonds is 4. The van der Waals surface area contributed by atoms with Gasteiger partial charge in [0.05, 0.1) is 11.2 Å². The number of anilines is 1. The molecule has 0 amide bonds. The summed E-state index contributed by atoms with van der Waals surface area (Å²) in [6.07, 6.45) is 4.42. The van der Waals surface area contributed by atoms with Crippen molar-refractivity contribution < 1.29 is 14.0 Å². The first kappa shape index (κ1) is 18.7. The van der Waals surface area contributed by atoms with Gasteiger partial charge in [0.25, 0.3) is 0 Å². The van der Waals surface area contributed by atoms with Crippen LogP contribution in [-0.4, -0.2) is 37.4 Å². The molecule has 0 aromatic heterocycles. The topological polar surface area (TPSA) is 63.6 Å². The van der Waals surface area contributed by atoms with Gasteiger partial charge < -0.3 is 24.8 Å². The molecule has 7 heteroatoms. The number of hydrogen-bond acceptors (Lipinski definition) is 5. The molecule has 2 saturated heterocycles. The van der Waals surface area contributed by atoms with Gasteiger partial charge in [0, 0.05) is 29.1 Å². The van der Waals surface area contributed by atoms with Crippen LogP contribution in [0.2, 0.25) is 5.02 Å². The van der Waals surface area contributed by atoms with Crippen molar-refractivity contribution in [3.63, 3.8) is 0 Å². The van der Waals surface area contributed by atoms with E-state index in [1.165, 1.54) is 6.21 Å². The molecular formula is C18H26BClN2O3. The summed E-state index contributed by atoms with van der Waals surface area (Å²) in [6, 6.07) is 3.64. The van der Waals surface area contributed by atoms with Gasteiger partial charge in [0.1, 0.15) is 6.23 Å². The standard InChI is InChI=1S/C18H26BClN2O3/c1-17(2)18(3,4)25-19(24-17)14-9-12(20)10-15(13(14)11-21)22-16-7-5-6-8-23-16/h9-11,16,21-22H,5-8H2,1-4H3. The van der Waals surface area contributed by atoms with E-state index in [9.17, 15) is 0 Å². The second-order valence-corrected chi connectivity index (χ2v) is 8.12. The highest BCUT2D eigenvalue weighted by molar-refractivity contribution is 6.64. The fraction of sp³-hybridized carbons (Fsp3) is 0.611. The molecule has 2 aliphatic rings. The molecule has 136 valence electrons. The lowest BCUT2D eigenvalue weighted by atomic mass is 9.75. The van der Waals surface area contributed by atoms with Gasteiger partial charge in [-0.25, -0.2) is 0 Å². The van der Waals surface area contributed by atoms with Crippen molar-refractivity contribution in [2.24, 2.45) is 0 Å². The minimum absolute atomic E-state index is 0.0583. The maximum absolute atomic E-state index is 7.91. The number of hydrogen-bond donors (Lipinski definition) is 2. The van der Waals surface area contributed by atoms with E-state index in [1.807, 2.05) is 39.8 Å². The summed E-state index contributed by atoms with van der Waals surface area (Å²) < 4.78 is 18.1. The fourth-order valence-corrected chi connectivity index (χ4v) is 3.34. The molecule has 2 heterocycles. The van der Waals surface area contributed by atoms with Crippen molar-refractivity contribution in [1.82, 2.24) is 0 Å². The molecule has 0 spiro atoms. The third-order valence-corrected chi connectivity index (χ3v) is 5.54. The second-order valence-electron chi connectivity index (χ2n) is 7.69. The lowest BCUT2D eigenvalue weighted by molar-refractivity contribution is 0.00578. The predicted molar refractivity (Wildman–Crippen MR) is 102 cm³/mol. The van der Waals surface area contributed by atoms with Crippen LogP contribution < -0.4 is 10.8 Å². The van der Waals surface area contributed by atoms with Crippen molar-refractivity contribution in [3.05, 3.63) is 22.7 Å². The zero-order valence-electron chi connectivity index (χ0n) is 15.3. The molecule has 1 aromatic carbocycles. The minimum Gasteiger partial charge on any atom is -0.399 e. The van der Waals surface area contributed by atoms with Crippen LogP contribution in [0.4, 0.5) is 5.69 Å². The molecule has 1 atom stereocenters. The summed E-state index contributed by atoms with van der Waals surface area (Å²) in [4.78, 5) is 0. The summed E-state index contributed by atoms with van der Waals surface area (Å²) in [5.74, 6) is 0. The van der Waals surface area contributed by atoms with Crippen LogP contribution >= 0.6 is 11.6 Å². The van der Waals surface area contributed by atoms with Crippen LogP contribution in [-0.2, 0) is 14.0 Å². The smallest absolute Gasteiger partial charge is 0.399 e. The van der Waals surface area contributed by atoms with Crippen molar-refractivity contribution in [1.29, 1.82) is 5.41 Å². The van der Waals surface area contributed by atoms with Crippen LogP contribution in [0.5, 0.6) is 0 Å². The maximum atomic E-state index is 7.91. The zero-order chi connectivity index (χ0) is 18.2. The largest absolute Gasteiger partial charge is 0.495 e. The molecule has 25 heavy (non-hydrogen) atoms. The lowest BCUT2D eigenvalue weighted by Gasteiger charge is -2.32. The Morgan fingerprint density at radius 1 is 1.20 bits per heavy atom. The molecule has 2 fully saturated rings. The lowest BCUT2D eigenvalue weighted by Crippen LogP contribution is -2.41. The SMILES string of the molecule is CC1(C)OB(c2cc(Cl)cc(NC3CCCCO3)c2C=N)OC1(C)C. The quantitative estimate of drug-likeness (QED) is 0.633. The third kappa shape index (κ3) is 3.72. The van der Waals surface area contributed by atoms with E-state index in [2.05, 4.69) is 5.32 Å². The Morgan fingerprint density at radius 2 is 1.88 bits per heavy atom. The predicted octanol–water partition coefficient (Wildman–Crippen LogP) is 3.58. The van der Waals surface area contributed by atoms with Gasteiger partial charge in [-0.1, -0.05) is 11.6 Å². The van der Waals surface area contributed by atoms with E-state index in [0.29, 0.717) is 5.02 Å². The van der Waals surface area contributed by atoms with E-state index in [4.69, 9.17) is 31.1 Å². The van der Waals surface area contributed by atoms with Crippen molar-refractivity contribution in [2.45, 2.75) is 64.4 Å². The van der Waals surface area contributed by atoms with Gasteiger partial charge in [0.2, 0.25) is 0 Å².